The Morgan fingerprint density at radius 2 is 2.06 bits per heavy atom. The first-order valence-electron chi connectivity index (χ1n) is 5.38. The first kappa shape index (κ1) is 11.6. The number of ketones is 1. The third-order valence-electron chi connectivity index (χ3n) is 2.68. The number of rotatable bonds is 2. The number of carbonyl (C=O) groups excluding carboxylic acids is 1. The van der Waals surface area contributed by atoms with Gasteiger partial charge in [0, 0.05) is 20.9 Å². The van der Waals surface area contributed by atoms with E-state index in [4.69, 9.17) is 0 Å². The minimum absolute atomic E-state index is 0.0319. The van der Waals surface area contributed by atoms with Crippen LogP contribution in [0.25, 0.3) is 10.1 Å². The molecule has 0 radical (unpaired) electrons. The molecule has 0 N–H and O–H groups in total. The van der Waals surface area contributed by atoms with Crippen LogP contribution < -0.4 is 0 Å². The van der Waals surface area contributed by atoms with Crippen LogP contribution in [0, 0.1) is 0 Å². The van der Waals surface area contributed by atoms with Crippen molar-refractivity contribution < 1.29 is 4.79 Å². The molecule has 2 nitrogen and oxygen atoms in total. The summed E-state index contributed by atoms with van der Waals surface area (Å²) in [7, 11) is 0. The van der Waals surface area contributed by atoms with Crippen LogP contribution in [0.2, 0.25) is 0 Å². The molecule has 3 aromatic rings. The molecule has 1 aromatic carbocycles. The van der Waals surface area contributed by atoms with E-state index in [1.165, 1.54) is 0 Å². The number of benzene rings is 1. The Morgan fingerprint density at radius 3 is 2.83 bits per heavy atom. The van der Waals surface area contributed by atoms with Crippen LogP contribution in [0.1, 0.15) is 16.1 Å². The maximum atomic E-state index is 12.4. The molecule has 0 saturated carbocycles. The van der Waals surface area contributed by atoms with Gasteiger partial charge in [0.1, 0.15) is 5.69 Å². The van der Waals surface area contributed by atoms with Crippen molar-refractivity contribution in [2.45, 2.75) is 0 Å². The second-order valence-corrected chi connectivity index (χ2v) is 5.67. The lowest BCUT2D eigenvalue weighted by Crippen LogP contribution is -2.03. The van der Waals surface area contributed by atoms with E-state index in [2.05, 4.69) is 20.9 Å². The highest BCUT2D eigenvalue weighted by Crippen LogP contribution is 2.26. The molecule has 0 amide bonds. The summed E-state index contributed by atoms with van der Waals surface area (Å²) in [6, 6.07) is 11.4. The molecule has 4 heteroatoms. The number of aromatic nitrogens is 1. The van der Waals surface area contributed by atoms with E-state index in [1.54, 1.807) is 23.6 Å². The van der Waals surface area contributed by atoms with Crippen LogP contribution >= 0.6 is 27.3 Å². The molecule has 18 heavy (non-hydrogen) atoms. The first-order valence-corrected chi connectivity index (χ1v) is 7.05. The molecule has 2 heterocycles. The van der Waals surface area contributed by atoms with Crippen molar-refractivity contribution in [3.8, 4) is 0 Å². The summed E-state index contributed by atoms with van der Waals surface area (Å²) in [6.07, 6.45) is 1.64. The molecule has 0 aliphatic carbocycles. The van der Waals surface area contributed by atoms with Gasteiger partial charge in [0.15, 0.2) is 0 Å². The molecule has 3 rings (SSSR count). The number of hydrogen-bond donors (Lipinski definition) is 0. The third-order valence-corrected chi connectivity index (χ3v) is 4.12. The van der Waals surface area contributed by atoms with Crippen LogP contribution in [0.5, 0.6) is 0 Å². The topological polar surface area (TPSA) is 30.0 Å². The predicted octanol–water partition coefficient (Wildman–Crippen LogP) is 4.29. The molecule has 0 unspecified atom stereocenters. The number of nitrogens with zero attached hydrogens (tertiary/aromatic N) is 1. The highest BCUT2D eigenvalue weighted by molar-refractivity contribution is 9.10. The van der Waals surface area contributed by atoms with Crippen molar-refractivity contribution in [3.05, 3.63) is 63.7 Å². The highest BCUT2D eigenvalue weighted by Gasteiger charge is 2.14. The molecule has 0 atom stereocenters. The summed E-state index contributed by atoms with van der Waals surface area (Å²) < 4.78 is 1.89. The van der Waals surface area contributed by atoms with Gasteiger partial charge in [0.05, 0.1) is 0 Å². The zero-order valence-electron chi connectivity index (χ0n) is 9.26. The summed E-state index contributed by atoms with van der Waals surface area (Å²) in [5, 5.41) is 3.10. The largest absolute Gasteiger partial charge is 0.287 e. The predicted molar refractivity (Wildman–Crippen MR) is 77.2 cm³/mol. The summed E-state index contributed by atoms with van der Waals surface area (Å²) >= 11 is 4.89. The number of thiophene rings is 1. The van der Waals surface area contributed by atoms with Gasteiger partial charge < -0.3 is 0 Å². The van der Waals surface area contributed by atoms with Gasteiger partial charge in [-0.05, 0) is 51.0 Å². The van der Waals surface area contributed by atoms with Gasteiger partial charge in [0.25, 0.3) is 0 Å². The number of carbonyl (C=O) groups is 1. The lowest BCUT2D eigenvalue weighted by atomic mass is 10.1. The van der Waals surface area contributed by atoms with Crippen molar-refractivity contribution in [1.29, 1.82) is 0 Å². The molecule has 2 aromatic heterocycles. The average molecular weight is 318 g/mol. The Kier molecular flexibility index (Phi) is 2.97. The normalized spacial score (nSPS) is 10.7. The zero-order chi connectivity index (χ0) is 12.5. The van der Waals surface area contributed by atoms with Crippen molar-refractivity contribution >= 4 is 43.1 Å². The van der Waals surface area contributed by atoms with Crippen molar-refractivity contribution in [2.24, 2.45) is 0 Å². The van der Waals surface area contributed by atoms with Crippen LogP contribution in [-0.4, -0.2) is 10.8 Å². The Bertz CT molecular complexity index is 718. The summed E-state index contributed by atoms with van der Waals surface area (Å²) in [6.45, 7) is 0. The molecular formula is C14H8BrNOS. The Hall–Kier alpha value is -1.52. The Balaban J connectivity index is 2.12. The Morgan fingerprint density at radius 1 is 1.17 bits per heavy atom. The van der Waals surface area contributed by atoms with Crippen LogP contribution in [0.4, 0.5) is 0 Å². The van der Waals surface area contributed by atoms with Gasteiger partial charge in [-0.1, -0.05) is 12.1 Å². The van der Waals surface area contributed by atoms with Crippen molar-refractivity contribution in [1.82, 2.24) is 4.98 Å². The second kappa shape index (κ2) is 4.63. The average Bonchev–Trinajstić information content (AvgIpc) is 2.87. The summed E-state index contributed by atoms with van der Waals surface area (Å²) in [5.74, 6) is -0.0319. The van der Waals surface area contributed by atoms with Gasteiger partial charge in [-0.2, -0.15) is 0 Å². The lowest BCUT2D eigenvalue weighted by Gasteiger charge is -2.02. The van der Waals surface area contributed by atoms with Crippen molar-refractivity contribution in [3.63, 3.8) is 0 Å². The standard InChI is InChI=1S/C14H8BrNOS/c15-10-4-5-12(16-8-10)13(17)11-3-1-2-9-6-7-18-14(9)11/h1-8H. The fourth-order valence-corrected chi connectivity index (χ4v) is 2.97. The molecule has 88 valence electrons. The van der Waals surface area contributed by atoms with Gasteiger partial charge in [-0.15, -0.1) is 11.3 Å². The number of fused-ring (bicyclic) bond motifs is 1. The fraction of sp³-hybridized carbons (Fsp3) is 0. The number of hydrogen-bond acceptors (Lipinski definition) is 3. The summed E-state index contributed by atoms with van der Waals surface area (Å²) in [4.78, 5) is 16.6. The smallest absolute Gasteiger partial charge is 0.212 e. The van der Waals surface area contributed by atoms with E-state index in [1.807, 2.05) is 35.7 Å². The molecule has 0 fully saturated rings. The third kappa shape index (κ3) is 1.98. The van der Waals surface area contributed by atoms with Crippen LogP contribution in [-0.2, 0) is 0 Å². The lowest BCUT2D eigenvalue weighted by molar-refractivity contribution is 0.103. The van der Waals surface area contributed by atoms with E-state index in [0.29, 0.717) is 5.69 Å². The monoisotopic (exact) mass is 317 g/mol. The van der Waals surface area contributed by atoms with Crippen LogP contribution in [0.3, 0.4) is 0 Å². The van der Waals surface area contributed by atoms with Gasteiger partial charge >= 0.3 is 0 Å². The van der Waals surface area contributed by atoms with E-state index < -0.39 is 0 Å². The quantitative estimate of drug-likeness (QED) is 0.660. The van der Waals surface area contributed by atoms with E-state index in [9.17, 15) is 4.79 Å². The molecule has 0 bridgehead atoms. The minimum atomic E-state index is -0.0319. The fourth-order valence-electron chi connectivity index (χ4n) is 1.82. The van der Waals surface area contributed by atoms with E-state index in [-0.39, 0.29) is 5.78 Å². The Labute approximate surface area is 116 Å². The van der Waals surface area contributed by atoms with Gasteiger partial charge in [0.2, 0.25) is 5.78 Å². The van der Waals surface area contributed by atoms with E-state index in [0.717, 1.165) is 20.1 Å². The molecule has 0 saturated heterocycles. The minimum Gasteiger partial charge on any atom is -0.287 e. The molecule has 0 aliphatic heterocycles. The number of halogens is 1. The van der Waals surface area contributed by atoms with Crippen LogP contribution in [0.15, 0.2) is 52.4 Å². The highest BCUT2D eigenvalue weighted by atomic mass is 79.9. The SMILES string of the molecule is O=C(c1ccc(Br)cn1)c1cccc2ccsc12. The van der Waals surface area contributed by atoms with Crippen molar-refractivity contribution in [2.75, 3.05) is 0 Å². The molecule has 0 aliphatic rings. The zero-order valence-corrected chi connectivity index (χ0v) is 11.7. The molecular weight excluding hydrogens is 310 g/mol. The molecule has 0 spiro atoms. The first-order chi connectivity index (χ1) is 8.75. The maximum absolute atomic E-state index is 12.4. The van der Waals surface area contributed by atoms with Gasteiger partial charge in [-0.3, -0.25) is 9.78 Å². The van der Waals surface area contributed by atoms with E-state index >= 15 is 0 Å². The second-order valence-electron chi connectivity index (χ2n) is 3.84. The van der Waals surface area contributed by atoms with Gasteiger partial charge in [-0.25, -0.2) is 0 Å². The summed E-state index contributed by atoms with van der Waals surface area (Å²) in [5.41, 5.74) is 1.19. The maximum Gasteiger partial charge on any atom is 0.212 e. The number of pyridine rings is 1.